The predicted octanol–water partition coefficient (Wildman–Crippen LogP) is 2.17. The fourth-order valence-corrected chi connectivity index (χ4v) is 1.88. The number of hydrogen-bond acceptors (Lipinski definition) is 4. The molecular formula is C15H21NO4. The van der Waals surface area contributed by atoms with Crippen LogP contribution in [0.1, 0.15) is 31.7 Å². The second-order valence-electron chi connectivity index (χ2n) is 4.82. The minimum atomic E-state index is -0.571. The highest BCUT2D eigenvalue weighted by atomic mass is 16.8. The van der Waals surface area contributed by atoms with Gasteiger partial charge in [0.25, 0.3) is 5.91 Å². The first-order valence-corrected chi connectivity index (χ1v) is 6.98. The van der Waals surface area contributed by atoms with E-state index in [1.54, 1.807) is 6.92 Å². The third kappa shape index (κ3) is 4.92. The number of hydrogen-bond donors (Lipinski definition) is 1. The van der Waals surface area contributed by atoms with Crippen molar-refractivity contribution >= 4 is 5.91 Å². The van der Waals surface area contributed by atoms with Crippen molar-refractivity contribution in [2.75, 3.05) is 6.61 Å². The number of benzene rings is 1. The molecule has 1 aromatic rings. The van der Waals surface area contributed by atoms with Crippen molar-refractivity contribution in [3.05, 3.63) is 35.9 Å². The monoisotopic (exact) mass is 279 g/mol. The maximum atomic E-state index is 11.8. The molecule has 110 valence electrons. The van der Waals surface area contributed by atoms with Crippen molar-refractivity contribution in [2.24, 2.45) is 0 Å². The van der Waals surface area contributed by atoms with Gasteiger partial charge < -0.3 is 9.47 Å². The van der Waals surface area contributed by atoms with Gasteiger partial charge in [-0.1, -0.05) is 30.3 Å². The molecule has 2 unspecified atom stereocenters. The van der Waals surface area contributed by atoms with Crippen LogP contribution in [0.5, 0.6) is 0 Å². The highest BCUT2D eigenvalue weighted by Crippen LogP contribution is 2.12. The van der Waals surface area contributed by atoms with Crippen LogP contribution in [-0.4, -0.2) is 24.9 Å². The number of rotatable bonds is 6. The van der Waals surface area contributed by atoms with Gasteiger partial charge in [-0.05, 0) is 25.3 Å². The van der Waals surface area contributed by atoms with Gasteiger partial charge in [-0.3, -0.25) is 4.79 Å². The van der Waals surface area contributed by atoms with E-state index in [4.69, 9.17) is 14.3 Å². The molecule has 5 heteroatoms. The Morgan fingerprint density at radius 3 is 2.90 bits per heavy atom. The Kier molecular flexibility index (Phi) is 5.98. The third-order valence-electron chi connectivity index (χ3n) is 3.14. The maximum absolute atomic E-state index is 11.8. The topological polar surface area (TPSA) is 56.8 Å². The molecule has 2 rings (SSSR count). The molecule has 2 atom stereocenters. The summed E-state index contributed by atoms with van der Waals surface area (Å²) >= 11 is 0. The lowest BCUT2D eigenvalue weighted by Gasteiger charge is -2.23. The second kappa shape index (κ2) is 7.99. The first-order chi connectivity index (χ1) is 9.75. The van der Waals surface area contributed by atoms with Crippen LogP contribution in [-0.2, 0) is 25.7 Å². The van der Waals surface area contributed by atoms with Crippen LogP contribution < -0.4 is 5.48 Å². The zero-order chi connectivity index (χ0) is 14.2. The van der Waals surface area contributed by atoms with Crippen LogP contribution in [0, 0.1) is 0 Å². The first kappa shape index (κ1) is 15.0. The molecule has 0 saturated carbocycles. The molecule has 1 aliphatic heterocycles. The predicted molar refractivity (Wildman–Crippen MR) is 73.5 cm³/mol. The van der Waals surface area contributed by atoms with E-state index in [0.717, 1.165) is 24.8 Å². The highest BCUT2D eigenvalue weighted by molar-refractivity contribution is 5.79. The summed E-state index contributed by atoms with van der Waals surface area (Å²) in [6, 6.07) is 9.73. The Morgan fingerprint density at radius 2 is 2.20 bits per heavy atom. The van der Waals surface area contributed by atoms with Crippen LogP contribution in [0.3, 0.4) is 0 Å². The fraction of sp³-hybridized carbons (Fsp3) is 0.533. The zero-order valence-corrected chi connectivity index (χ0v) is 11.7. The number of hydroxylamine groups is 1. The average Bonchev–Trinajstić information content (AvgIpc) is 2.52. The molecule has 1 heterocycles. The van der Waals surface area contributed by atoms with Crippen LogP contribution in [0.2, 0.25) is 0 Å². The molecule has 0 bridgehead atoms. The van der Waals surface area contributed by atoms with Gasteiger partial charge in [0.1, 0.15) is 6.10 Å². The van der Waals surface area contributed by atoms with Gasteiger partial charge >= 0.3 is 0 Å². The summed E-state index contributed by atoms with van der Waals surface area (Å²) in [4.78, 5) is 17.0. The van der Waals surface area contributed by atoms with E-state index in [2.05, 4.69) is 5.48 Å². The molecule has 20 heavy (non-hydrogen) atoms. The lowest BCUT2D eigenvalue weighted by atomic mass is 10.2. The number of carbonyl (C=O) groups excluding carboxylic acids is 1. The Labute approximate surface area is 119 Å². The summed E-state index contributed by atoms with van der Waals surface area (Å²) in [5.74, 6) is -0.296. The Hall–Kier alpha value is -1.43. The van der Waals surface area contributed by atoms with E-state index < -0.39 is 6.10 Å². The molecule has 1 aromatic carbocycles. The lowest BCUT2D eigenvalue weighted by molar-refractivity contribution is -0.204. The van der Waals surface area contributed by atoms with Crippen LogP contribution in [0.4, 0.5) is 0 Å². The highest BCUT2D eigenvalue weighted by Gasteiger charge is 2.18. The molecular weight excluding hydrogens is 258 g/mol. The van der Waals surface area contributed by atoms with Gasteiger partial charge in [-0.25, -0.2) is 10.3 Å². The second-order valence-corrected chi connectivity index (χ2v) is 4.82. The van der Waals surface area contributed by atoms with Crippen LogP contribution in [0.15, 0.2) is 30.3 Å². The SMILES string of the molecule is CC(OCc1ccccc1)C(=O)NOC1CCCCO1. The number of nitrogens with one attached hydrogen (secondary N) is 1. The smallest absolute Gasteiger partial charge is 0.272 e. The molecule has 0 aromatic heterocycles. The molecule has 1 amide bonds. The van der Waals surface area contributed by atoms with E-state index in [1.165, 1.54) is 0 Å². The Balaban J connectivity index is 1.66. The standard InChI is InChI=1S/C15H21NO4/c1-12(19-11-13-7-3-2-4-8-13)15(17)16-20-14-9-5-6-10-18-14/h2-4,7-8,12,14H,5-6,9-11H2,1H3,(H,16,17). The van der Waals surface area contributed by atoms with Crippen molar-refractivity contribution in [2.45, 2.75) is 45.2 Å². The normalized spacial score (nSPS) is 20.4. The van der Waals surface area contributed by atoms with Gasteiger partial charge in [0.2, 0.25) is 0 Å². The lowest BCUT2D eigenvalue weighted by Crippen LogP contribution is -2.38. The summed E-state index contributed by atoms with van der Waals surface area (Å²) in [7, 11) is 0. The number of carbonyl (C=O) groups is 1. The average molecular weight is 279 g/mol. The van der Waals surface area contributed by atoms with E-state index in [1.807, 2.05) is 30.3 Å². The minimum Gasteiger partial charge on any atom is -0.364 e. The molecule has 1 N–H and O–H groups in total. The summed E-state index contributed by atoms with van der Waals surface area (Å²) in [5.41, 5.74) is 3.43. The number of amides is 1. The van der Waals surface area contributed by atoms with Gasteiger partial charge in [-0.2, -0.15) is 0 Å². The molecule has 0 aliphatic carbocycles. The minimum absolute atomic E-state index is 0.296. The largest absolute Gasteiger partial charge is 0.364 e. The molecule has 0 spiro atoms. The molecule has 1 saturated heterocycles. The van der Waals surface area contributed by atoms with E-state index in [9.17, 15) is 4.79 Å². The Morgan fingerprint density at radius 1 is 1.40 bits per heavy atom. The summed E-state index contributed by atoms with van der Waals surface area (Å²) in [6.45, 7) is 2.78. The van der Waals surface area contributed by atoms with Crippen molar-refractivity contribution in [3.8, 4) is 0 Å². The van der Waals surface area contributed by atoms with Gasteiger partial charge in [0.15, 0.2) is 6.29 Å². The van der Waals surface area contributed by atoms with Crippen molar-refractivity contribution in [3.63, 3.8) is 0 Å². The zero-order valence-electron chi connectivity index (χ0n) is 11.7. The fourth-order valence-electron chi connectivity index (χ4n) is 1.88. The summed E-state index contributed by atoms with van der Waals surface area (Å²) in [5, 5.41) is 0. The molecule has 1 fully saturated rings. The molecule has 5 nitrogen and oxygen atoms in total. The quantitative estimate of drug-likeness (QED) is 0.811. The van der Waals surface area contributed by atoms with Gasteiger partial charge in [-0.15, -0.1) is 0 Å². The van der Waals surface area contributed by atoms with Crippen LogP contribution >= 0.6 is 0 Å². The summed E-state index contributed by atoms with van der Waals surface area (Å²) in [6.07, 6.45) is 2.00. The summed E-state index contributed by atoms with van der Waals surface area (Å²) < 4.78 is 10.9. The maximum Gasteiger partial charge on any atom is 0.272 e. The van der Waals surface area contributed by atoms with E-state index >= 15 is 0 Å². The van der Waals surface area contributed by atoms with Crippen molar-refractivity contribution in [1.82, 2.24) is 5.48 Å². The first-order valence-electron chi connectivity index (χ1n) is 6.98. The van der Waals surface area contributed by atoms with Crippen molar-refractivity contribution in [1.29, 1.82) is 0 Å². The van der Waals surface area contributed by atoms with E-state index in [-0.39, 0.29) is 12.2 Å². The Bertz CT molecular complexity index is 404. The van der Waals surface area contributed by atoms with Crippen molar-refractivity contribution < 1.29 is 19.1 Å². The molecule has 1 aliphatic rings. The van der Waals surface area contributed by atoms with Gasteiger partial charge in [0.05, 0.1) is 6.61 Å². The molecule has 0 radical (unpaired) electrons. The van der Waals surface area contributed by atoms with Crippen LogP contribution in [0.25, 0.3) is 0 Å². The third-order valence-corrected chi connectivity index (χ3v) is 3.14. The van der Waals surface area contributed by atoms with E-state index in [0.29, 0.717) is 13.2 Å². The van der Waals surface area contributed by atoms with Gasteiger partial charge in [0, 0.05) is 13.0 Å². The number of ether oxygens (including phenoxy) is 2.